The molecular formula is C14H19BrO4. The number of ketones is 1. The highest BCUT2D eigenvalue weighted by Gasteiger charge is 2.25. The molecule has 1 aromatic carbocycles. The molecule has 1 rings (SSSR count). The van der Waals surface area contributed by atoms with Gasteiger partial charge in [0.2, 0.25) is 0 Å². The second-order valence-corrected chi connectivity index (χ2v) is 5.52. The van der Waals surface area contributed by atoms with E-state index >= 15 is 0 Å². The maximum absolute atomic E-state index is 12.3. The number of methoxy groups -OCH3 is 3. The minimum atomic E-state index is -0.505. The molecule has 0 aliphatic rings. The first-order chi connectivity index (χ1) is 8.86. The topological polar surface area (TPSA) is 44.8 Å². The second-order valence-electron chi connectivity index (χ2n) is 4.73. The predicted octanol–water partition coefficient (Wildman–Crippen LogP) is 3.46. The van der Waals surface area contributed by atoms with Gasteiger partial charge in [0.25, 0.3) is 0 Å². The molecule has 4 nitrogen and oxygen atoms in total. The van der Waals surface area contributed by atoms with Crippen molar-refractivity contribution in [1.82, 2.24) is 0 Å². The average molecular weight is 331 g/mol. The number of rotatable bonds is 6. The van der Waals surface area contributed by atoms with E-state index in [4.69, 9.17) is 14.2 Å². The van der Waals surface area contributed by atoms with E-state index < -0.39 is 5.60 Å². The van der Waals surface area contributed by atoms with Crippen molar-refractivity contribution in [3.05, 3.63) is 22.2 Å². The molecule has 0 aliphatic heterocycles. The van der Waals surface area contributed by atoms with Gasteiger partial charge in [-0.2, -0.15) is 0 Å². The van der Waals surface area contributed by atoms with Crippen LogP contribution in [0.2, 0.25) is 0 Å². The zero-order chi connectivity index (χ0) is 14.6. The lowest BCUT2D eigenvalue weighted by Crippen LogP contribution is -2.26. The standard InChI is InChI=1S/C14H19BrO4/c1-14(2,19-5)8-10(16)9-6-7-11(17-3)12(15)13(9)18-4/h6-7H,8H2,1-5H3. The Bertz CT molecular complexity index is 469. The van der Waals surface area contributed by atoms with Crippen molar-refractivity contribution < 1.29 is 19.0 Å². The number of carbonyl (C=O) groups is 1. The summed E-state index contributed by atoms with van der Waals surface area (Å²) in [5.41, 5.74) is 0.00871. The first kappa shape index (κ1) is 16.0. The fourth-order valence-electron chi connectivity index (χ4n) is 1.67. The van der Waals surface area contributed by atoms with Crippen LogP contribution in [0.1, 0.15) is 30.6 Å². The van der Waals surface area contributed by atoms with Crippen molar-refractivity contribution in [1.29, 1.82) is 0 Å². The quantitative estimate of drug-likeness (QED) is 0.749. The van der Waals surface area contributed by atoms with E-state index in [0.29, 0.717) is 21.5 Å². The second kappa shape index (κ2) is 6.39. The first-order valence-corrected chi connectivity index (χ1v) is 6.64. The summed E-state index contributed by atoms with van der Waals surface area (Å²) in [6.45, 7) is 3.74. The van der Waals surface area contributed by atoms with Gasteiger partial charge < -0.3 is 14.2 Å². The average Bonchev–Trinajstić information content (AvgIpc) is 2.37. The Balaban J connectivity index is 3.14. The van der Waals surface area contributed by atoms with Gasteiger partial charge >= 0.3 is 0 Å². The molecule has 0 atom stereocenters. The minimum absolute atomic E-state index is 0.0351. The van der Waals surface area contributed by atoms with Crippen molar-refractivity contribution in [2.24, 2.45) is 0 Å². The highest BCUT2D eigenvalue weighted by atomic mass is 79.9. The van der Waals surface area contributed by atoms with E-state index in [2.05, 4.69) is 15.9 Å². The van der Waals surface area contributed by atoms with Crippen molar-refractivity contribution in [2.45, 2.75) is 25.9 Å². The molecule has 0 saturated heterocycles. The Morgan fingerprint density at radius 2 is 1.84 bits per heavy atom. The van der Waals surface area contributed by atoms with E-state index in [-0.39, 0.29) is 12.2 Å². The molecule has 106 valence electrons. The number of carbonyl (C=O) groups excluding carboxylic acids is 1. The van der Waals surface area contributed by atoms with Crippen LogP contribution in [0, 0.1) is 0 Å². The van der Waals surface area contributed by atoms with Gasteiger partial charge in [-0.05, 0) is 41.9 Å². The number of halogens is 1. The van der Waals surface area contributed by atoms with Crippen molar-refractivity contribution in [3.8, 4) is 11.5 Å². The molecule has 0 fully saturated rings. The lowest BCUT2D eigenvalue weighted by molar-refractivity contribution is 0.0171. The van der Waals surface area contributed by atoms with Crippen molar-refractivity contribution in [3.63, 3.8) is 0 Å². The summed E-state index contributed by atoms with van der Waals surface area (Å²) in [7, 11) is 4.68. The van der Waals surface area contributed by atoms with E-state index in [1.807, 2.05) is 13.8 Å². The van der Waals surface area contributed by atoms with Crippen molar-refractivity contribution in [2.75, 3.05) is 21.3 Å². The normalized spacial score (nSPS) is 11.3. The Hall–Kier alpha value is -1.07. The molecule has 0 saturated carbocycles. The maximum Gasteiger partial charge on any atom is 0.169 e. The molecule has 0 heterocycles. The fourth-order valence-corrected chi connectivity index (χ4v) is 2.34. The van der Waals surface area contributed by atoms with E-state index in [1.54, 1.807) is 26.4 Å². The Kier molecular flexibility index (Phi) is 5.38. The molecule has 0 aliphatic carbocycles. The summed E-state index contributed by atoms with van der Waals surface area (Å²) in [6.07, 6.45) is 0.276. The fraction of sp³-hybridized carbons (Fsp3) is 0.500. The molecule has 0 radical (unpaired) electrons. The van der Waals surface area contributed by atoms with Crippen LogP contribution < -0.4 is 9.47 Å². The third-order valence-corrected chi connectivity index (χ3v) is 3.68. The Labute approximate surface area is 122 Å². The van der Waals surface area contributed by atoms with Crippen LogP contribution in [0.4, 0.5) is 0 Å². The van der Waals surface area contributed by atoms with Gasteiger partial charge in [-0.3, -0.25) is 4.79 Å². The van der Waals surface area contributed by atoms with E-state index in [9.17, 15) is 4.79 Å². The van der Waals surface area contributed by atoms with Gasteiger partial charge in [-0.1, -0.05) is 0 Å². The van der Waals surface area contributed by atoms with Gasteiger partial charge in [0.15, 0.2) is 5.78 Å². The molecule has 1 aromatic rings. The van der Waals surface area contributed by atoms with Crippen LogP contribution in [0.3, 0.4) is 0 Å². The van der Waals surface area contributed by atoms with Crippen LogP contribution >= 0.6 is 15.9 Å². The number of hydrogen-bond acceptors (Lipinski definition) is 4. The molecule has 0 aromatic heterocycles. The number of benzene rings is 1. The zero-order valence-corrected chi connectivity index (χ0v) is 13.5. The summed E-state index contributed by atoms with van der Waals surface area (Å²) < 4.78 is 16.4. The number of Topliss-reactive ketones (excluding diaryl/α,β-unsaturated/α-hetero) is 1. The third-order valence-electron chi connectivity index (χ3n) is 2.92. The summed E-state index contributed by atoms with van der Waals surface area (Å²) >= 11 is 3.38. The molecule has 0 amide bonds. The van der Waals surface area contributed by atoms with Crippen LogP contribution in [0.5, 0.6) is 11.5 Å². The maximum atomic E-state index is 12.3. The summed E-state index contributed by atoms with van der Waals surface area (Å²) in [6, 6.07) is 3.44. The van der Waals surface area contributed by atoms with Crippen LogP contribution in [-0.2, 0) is 4.74 Å². The van der Waals surface area contributed by atoms with Crippen LogP contribution in [0.25, 0.3) is 0 Å². The van der Waals surface area contributed by atoms with Gasteiger partial charge in [0.1, 0.15) is 16.0 Å². The lowest BCUT2D eigenvalue weighted by Gasteiger charge is -2.22. The largest absolute Gasteiger partial charge is 0.495 e. The SMILES string of the molecule is COc1ccc(C(=O)CC(C)(C)OC)c(OC)c1Br. The molecule has 5 heteroatoms. The van der Waals surface area contributed by atoms with Crippen LogP contribution in [-0.4, -0.2) is 32.7 Å². The lowest BCUT2D eigenvalue weighted by atomic mass is 9.96. The monoisotopic (exact) mass is 330 g/mol. The van der Waals surface area contributed by atoms with Gasteiger partial charge in [0.05, 0.1) is 25.4 Å². The highest BCUT2D eigenvalue weighted by molar-refractivity contribution is 9.10. The molecule has 0 N–H and O–H groups in total. The minimum Gasteiger partial charge on any atom is -0.495 e. The molecule has 0 unspecified atom stereocenters. The number of ether oxygens (including phenoxy) is 3. The summed E-state index contributed by atoms with van der Waals surface area (Å²) in [5.74, 6) is 1.07. The Morgan fingerprint density at radius 1 is 1.21 bits per heavy atom. The van der Waals surface area contributed by atoms with Crippen LogP contribution in [0.15, 0.2) is 16.6 Å². The first-order valence-electron chi connectivity index (χ1n) is 5.85. The van der Waals surface area contributed by atoms with Gasteiger partial charge in [-0.25, -0.2) is 0 Å². The predicted molar refractivity (Wildman–Crippen MR) is 77.3 cm³/mol. The van der Waals surface area contributed by atoms with E-state index in [0.717, 1.165) is 0 Å². The van der Waals surface area contributed by atoms with Gasteiger partial charge in [-0.15, -0.1) is 0 Å². The van der Waals surface area contributed by atoms with Crippen molar-refractivity contribution >= 4 is 21.7 Å². The van der Waals surface area contributed by atoms with E-state index in [1.165, 1.54) is 7.11 Å². The summed E-state index contributed by atoms with van der Waals surface area (Å²) in [5, 5.41) is 0. The Morgan fingerprint density at radius 3 is 2.32 bits per heavy atom. The highest BCUT2D eigenvalue weighted by Crippen LogP contribution is 2.38. The summed E-state index contributed by atoms with van der Waals surface area (Å²) in [4.78, 5) is 12.3. The van der Waals surface area contributed by atoms with Gasteiger partial charge in [0, 0.05) is 13.5 Å². The molecule has 19 heavy (non-hydrogen) atoms. The molecule has 0 spiro atoms. The molecular weight excluding hydrogens is 312 g/mol. The molecule has 0 bridgehead atoms. The zero-order valence-electron chi connectivity index (χ0n) is 11.9. The number of hydrogen-bond donors (Lipinski definition) is 0. The smallest absolute Gasteiger partial charge is 0.169 e. The third kappa shape index (κ3) is 3.70.